The van der Waals surface area contributed by atoms with Gasteiger partial charge in [-0.3, -0.25) is 4.79 Å². The molecule has 0 saturated heterocycles. The number of carbonyl (C=O) groups excluding carboxylic acids is 1. The average Bonchev–Trinajstić information content (AvgIpc) is 2.35. The zero-order valence-corrected chi connectivity index (χ0v) is 11.7. The Labute approximate surface area is 125 Å². The summed E-state index contributed by atoms with van der Waals surface area (Å²) in [6.07, 6.45) is -3.99. The van der Waals surface area contributed by atoms with Gasteiger partial charge in [0.1, 0.15) is 11.6 Å². The SMILES string of the molecule is Cl.NCCCC(=O)Nc1ccc(F)cc1OCC(F)(F)F. The van der Waals surface area contributed by atoms with Crippen molar-refractivity contribution in [2.24, 2.45) is 5.73 Å². The lowest BCUT2D eigenvalue weighted by Gasteiger charge is -2.14. The minimum atomic E-state index is -4.55. The number of anilines is 1. The normalized spacial score (nSPS) is 10.7. The maximum Gasteiger partial charge on any atom is 0.422 e. The summed E-state index contributed by atoms with van der Waals surface area (Å²) in [4.78, 5) is 11.5. The van der Waals surface area contributed by atoms with Crippen LogP contribution in [0.5, 0.6) is 5.75 Å². The Morgan fingerprint density at radius 2 is 2.00 bits per heavy atom. The first kappa shape index (κ1) is 19.5. The van der Waals surface area contributed by atoms with E-state index in [1.54, 1.807) is 0 Å². The molecule has 0 aliphatic carbocycles. The topological polar surface area (TPSA) is 64.4 Å². The monoisotopic (exact) mass is 330 g/mol. The van der Waals surface area contributed by atoms with Crippen molar-refractivity contribution < 1.29 is 27.1 Å². The van der Waals surface area contributed by atoms with Gasteiger partial charge in [-0.2, -0.15) is 13.2 Å². The van der Waals surface area contributed by atoms with Gasteiger partial charge in [0, 0.05) is 12.5 Å². The number of nitrogens with two attached hydrogens (primary N) is 1. The van der Waals surface area contributed by atoms with Crippen molar-refractivity contribution in [3.8, 4) is 5.75 Å². The van der Waals surface area contributed by atoms with E-state index >= 15 is 0 Å². The van der Waals surface area contributed by atoms with E-state index < -0.39 is 24.5 Å². The second kappa shape index (κ2) is 8.68. The molecule has 3 N–H and O–H groups in total. The fourth-order valence-corrected chi connectivity index (χ4v) is 1.35. The van der Waals surface area contributed by atoms with Crippen molar-refractivity contribution in [1.82, 2.24) is 0 Å². The summed E-state index contributed by atoms with van der Waals surface area (Å²) < 4.78 is 53.7. The second-order valence-corrected chi connectivity index (χ2v) is 3.98. The first-order valence-corrected chi connectivity index (χ1v) is 5.81. The van der Waals surface area contributed by atoms with Gasteiger partial charge in [0.25, 0.3) is 0 Å². The molecule has 0 unspecified atom stereocenters. The Bertz CT molecular complexity index is 469. The molecule has 0 saturated carbocycles. The highest BCUT2D eigenvalue weighted by Gasteiger charge is 2.29. The smallest absolute Gasteiger partial charge is 0.422 e. The number of alkyl halides is 3. The minimum absolute atomic E-state index is 0. The van der Waals surface area contributed by atoms with Gasteiger partial charge in [-0.1, -0.05) is 0 Å². The standard InChI is InChI=1S/C12H14F4N2O2.ClH/c13-8-3-4-9(18-11(19)2-1-5-17)10(6-8)20-7-12(14,15)16;/h3-4,6H,1-2,5,7,17H2,(H,18,19);1H. The third kappa shape index (κ3) is 7.72. The Morgan fingerprint density at radius 3 is 2.57 bits per heavy atom. The number of benzene rings is 1. The number of rotatable bonds is 6. The van der Waals surface area contributed by atoms with Crippen LogP contribution >= 0.6 is 12.4 Å². The van der Waals surface area contributed by atoms with Crippen LogP contribution in [0.4, 0.5) is 23.2 Å². The van der Waals surface area contributed by atoms with Gasteiger partial charge in [0.15, 0.2) is 6.61 Å². The van der Waals surface area contributed by atoms with Crippen molar-refractivity contribution in [1.29, 1.82) is 0 Å². The fraction of sp³-hybridized carbons (Fsp3) is 0.417. The van der Waals surface area contributed by atoms with Gasteiger partial charge in [-0.15, -0.1) is 12.4 Å². The molecule has 9 heteroatoms. The highest BCUT2D eigenvalue weighted by Crippen LogP contribution is 2.27. The number of nitrogens with one attached hydrogen (secondary N) is 1. The number of carbonyl (C=O) groups is 1. The molecular weight excluding hydrogens is 316 g/mol. The lowest BCUT2D eigenvalue weighted by molar-refractivity contribution is -0.153. The van der Waals surface area contributed by atoms with Crippen molar-refractivity contribution in [3.05, 3.63) is 24.0 Å². The number of amides is 1. The Kier molecular flexibility index (Phi) is 8.05. The molecule has 4 nitrogen and oxygen atoms in total. The van der Waals surface area contributed by atoms with E-state index in [4.69, 9.17) is 5.73 Å². The van der Waals surface area contributed by atoms with Crippen LogP contribution in [-0.2, 0) is 4.79 Å². The molecule has 0 radical (unpaired) electrons. The summed E-state index contributed by atoms with van der Waals surface area (Å²) in [6, 6.07) is 2.94. The van der Waals surface area contributed by atoms with Crippen molar-refractivity contribution in [2.75, 3.05) is 18.5 Å². The summed E-state index contributed by atoms with van der Waals surface area (Å²) in [5.74, 6) is -1.57. The van der Waals surface area contributed by atoms with Crippen molar-refractivity contribution >= 4 is 24.0 Å². The van der Waals surface area contributed by atoms with Gasteiger partial charge >= 0.3 is 6.18 Å². The lowest BCUT2D eigenvalue weighted by atomic mass is 10.2. The van der Waals surface area contributed by atoms with Crippen LogP contribution in [0, 0.1) is 5.82 Å². The largest absolute Gasteiger partial charge is 0.482 e. The first-order chi connectivity index (χ1) is 9.31. The molecule has 0 aliphatic rings. The maximum absolute atomic E-state index is 13.0. The number of ether oxygens (including phenoxy) is 1. The predicted octanol–water partition coefficient (Wildman–Crippen LogP) is 2.87. The third-order valence-corrected chi connectivity index (χ3v) is 2.22. The summed E-state index contributed by atoms with van der Waals surface area (Å²) in [5, 5.41) is 2.36. The molecular formula is C12H15ClF4N2O2. The molecule has 0 aliphatic heterocycles. The molecule has 1 rings (SSSR count). The van der Waals surface area contributed by atoms with Gasteiger partial charge in [0.05, 0.1) is 5.69 Å². The number of hydrogen-bond acceptors (Lipinski definition) is 3. The number of hydrogen-bond donors (Lipinski definition) is 2. The summed E-state index contributed by atoms with van der Waals surface area (Å²) in [6.45, 7) is -1.25. The second-order valence-electron chi connectivity index (χ2n) is 3.98. The van der Waals surface area contributed by atoms with E-state index in [0.29, 0.717) is 13.0 Å². The van der Waals surface area contributed by atoms with Crippen LogP contribution in [0.15, 0.2) is 18.2 Å². The highest BCUT2D eigenvalue weighted by atomic mass is 35.5. The van der Waals surface area contributed by atoms with Gasteiger partial charge < -0.3 is 15.8 Å². The quantitative estimate of drug-likeness (QED) is 0.788. The summed E-state index contributed by atoms with van der Waals surface area (Å²) in [7, 11) is 0. The molecule has 120 valence electrons. The molecule has 0 heterocycles. The van der Waals surface area contributed by atoms with Crippen LogP contribution in [0.25, 0.3) is 0 Å². The van der Waals surface area contributed by atoms with Crippen LogP contribution in [0.2, 0.25) is 0 Å². The molecule has 0 aromatic heterocycles. The van der Waals surface area contributed by atoms with Gasteiger partial charge in [-0.25, -0.2) is 4.39 Å². The predicted molar refractivity (Wildman–Crippen MR) is 72.1 cm³/mol. The van der Waals surface area contributed by atoms with E-state index in [1.807, 2.05) is 0 Å². The first-order valence-electron chi connectivity index (χ1n) is 5.81. The van der Waals surface area contributed by atoms with Crippen LogP contribution in [0.1, 0.15) is 12.8 Å². The van der Waals surface area contributed by atoms with E-state index in [0.717, 1.165) is 18.2 Å². The van der Waals surface area contributed by atoms with Crippen LogP contribution in [-0.4, -0.2) is 25.2 Å². The van der Waals surface area contributed by atoms with Gasteiger partial charge in [0.2, 0.25) is 5.91 Å². The van der Waals surface area contributed by atoms with E-state index in [1.165, 1.54) is 0 Å². The molecule has 0 fully saturated rings. The zero-order chi connectivity index (χ0) is 15.2. The fourth-order valence-electron chi connectivity index (χ4n) is 1.35. The zero-order valence-electron chi connectivity index (χ0n) is 10.9. The van der Waals surface area contributed by atoms with Crippen LogP contribution in [0.3, 0.4) is 0 Å². The minimum Gasteiger partial charge on any atom is -0.482 e. The van der Waals surface area contributed by atoms with Crippen molar-refractivity contribution in [2.45, 2.75) is 19.0 Å². The Hall–Kier alpha value is -1.54. The molecule has 0 spiro atoms. The third-order valence-electron chi connectivity index (χ3n) is 2.22. The average molecular weight is 331 g/mol. The molecule has 1 aromatic carbocycles. The summed E-state index contributed by atoms with van der Waals surface area (Å²) >= 11 is 0. The van der Waals surface area contributed by atoms with E-state index in [9.17, 15) is 22.4 Å². The molecule has 0 bridgehead atoms. The molecule has 21 heavy (non-hydrogen) atoms. The highest BCUT2D eigenvalue weighted by molar-refractivity contribution is 5.92. The Morgan fingerprint density at radius 1 is 1.33 bits per heavy atom. The van der Waals surface area contributed by atoms with Crippen molar-refractivity contribution in [3.63, 3.8) is 0 Å². The summed E-state index contributed by atoms with van der Waals surface area (Å²) in [5.41, 5.74) is 5.22. The van der Waals surface area contributed by atoms with E-state index in [-0.39, 0.29) is 30.3 Å². The molecule has 1 aromatic rings. The lowest BCUT2D eigenvalue weighted by Crippen LogP contribution is -2.20. The van der Waals surface area contributed by atoms with Crippen LogP contribution < -0.4 is 15.8 Å². The maximum atomic E-state index is 13.0. The number of halogens is 5. The van der Waals surface area contributed by atoms with E-state index in [2.05, 4.69) is 10.1 Å². The Balaban J connectivity index is 0.00000400. The molecule has 1 amide bonds. The van der Waals surface area contributed by atoms with Gasteiger partial charge in [-0.05, 0) is 25.1 Å². The molecule has 0 atom stereocenters.